The second-order valence-corrected chi connectivity index (χ2v) is 4.80. The Morgan fingerprint density at radius 1 is 1.50 bits per heavy atom. The van der Waals surface area contributed by atoms with Crippen LogP contribution in [0.4, 0.5) is 0 Å². The van der Waals surface area contributed by atoms with E-state index in [1.165, 1.54) is 6.42 Å². The molecule has 2 heterocycles. The van der Waals surface area contributed by atoms with Crippen LogP contribution < -0.4 is 5.73 Å². The Labute approximate surface area is 103 Å². The second-order valence-electron chi connectivity index (χ2n) is 4.80. The Bertz CT molecular complexity index is 317. The van der Waals surface area contributed by atoms with Crippen molar-refractivity contribution in [2.24, 2.45) is 11.1 Å². The monoisotopic (exact) mass is 241 g/mol. The topological polar surface area (TPSA) is 42.1 Å². The molecule has 2 N–H and O–H groups in total. The Morgan fingerprint density at radius 3 is 2.88 bits per heavy atom. The van der Waals surface area contributed by atoms with Crippen molar-refractivity contribution in [1.82, 2.24) is 9.88 Å². The van der Waals surface area contributed by atoms with Crippen molar-refractivity contribution in [1.29, 1.82) is 0 Å². The van der Waals surface area contributed by atoms with E-state index >= 15 is 0 Å². The van der Waals surface area contributed by atoms with E-state index in [9.17, 15) is 0 Å². The zero-order valence-electron chi connectivity index (χ0n) is 9.72. The molecule has 2 rings (SSSR count). The summed E-state index contributed by atoms with van der Waals surface area (Å²) in [6, 6.07) is 6.08. The molecule has 1 fully saturated rings. The highest BCUT2D eigenvalue weighted by Crippen LogP contribution is 2.29. The van der Waals surface area contributed by atoms with Gasteiger partial charge >= 0.3 is 0 Å². The van der Waals surface area contributed by atoms with Gasteiger partial charge in [0.05, 0.1) is 5.69 Å². The summed E-state index contributed by atoms with van der Waals surface area (Å²) < 4.78 is 0. The second kappa shape index (κ2) is 5.62. The molecule has 0 spiro atoms. The van der Waals surface area contributed by atoms with E-state index in [0.717, 1.165) is 31.9 Å². The summed E-state index contributed by atoms with van der Waals surface area (Å²) >= 11 is 0. The summed E-state index contributed by atoms with van der Waals surface area (Å²) in [5.41, 5.74) is 7.25. The largest absolute Gasteiger partial charge is 0.330 e. The molecule has 16 heavy (non-hydrogen) atoms. The van der Waals surface area contributed by atoms with Gasteiger partial charge in [-0.15, -0.1) is 12.4 Å². The molecule has 1 aliphatic heterocycles. The first-order valence-electron chi connectivity index (χ1n) is 5.54. The summed E-state index contributed by atoms with van der Waals surface area (Å²) in [6.45, 7) is 6.25. The first kappa shape index (κ1) is 13.4. The van der Waals surface area contributed by atoms with Crippen LogP contribution in [0.2, 0.25) is 0 Å². The van der Waals surface area contributed by atoms with Crippen molar-refractivity contribution in [3.63, 3.8) is 0 Å². The van der Waals surface area contributed by atoms with E-state index < -0.39 is 0 Å². The minimum absolute atomic E-state index is 0. The maximum Gasteiger partial charge on any atom is 0.0543 e. The molecule has 0 bridgehead atoms. The van der Waals surface area contributed by atoms with Crippen LogP contribution in [0.5, 0.6) is 0 Å². The van der Waals surface area contributed by atoms with E-state index in [0.29, 0.717) is 5.41 Å². The third kappa shape index (κ3) is 3.17. The lowest BCUT2D eigenvalue weighted by Crippen LogP contribution is -2.31. The van der Waals surface area contributed by atoms with Crippen LogP contribution in [0.15, 0.2) is 24.4 Å². The first-order valence-corrected chi connectivity index (χ1v) is 5.54. The summed E-state index contributed by atoms with van der Waals surface area (Å²) in [6.07, 6.45) is 3.06. The van der Waals surface area contributed by atoms with E-state index in [4.69, 9.17) is 5.73 Å². The van der Waals surface area contributed by atoms with Crippen molar-refractivity contribution in [3.05, 3.63) is 30.1 Å². The van der Waals surface area contributed by atoms with Gasteiger partial charge in [-0.3, -0.25) is 9.88 Å². The van der Waals surface area contributed by atoms with Gasteiger partial charge in [0.1, 0.15) is 0 Å². The van der Waals surface area contributed by atoms with Crippen LogP contribution in [0.1, 0.15) is 19.0 Å². The summed E-state index contributed by atoms with van der Waals surface area (Å²) in [7, 11) is 0. The number of halogens is 1. The lowest BCUT2D eigenvalue weighted by Gasteiger charge is -2.22. The third-order valence-corrected chi connectivity index (χ3v) is 3.24. The van der Waals surface area contributed by atoms with Crippen molar-refractivity contribution < 1.29 is 0 Å². The highest BCUT2D eigenvalue weighted by Gasteiger charge is 2.32. The summed E-state index contributed by atoms with van der Waals surface area (Å²) in [5.74, 6) is 0. The predicted molar refractivity (Wildman–Crippen MR) is 68.5 cm³/mol. The molecule has 1 unspecified atom stereocenters. The molecule has 1 aliphatic rings. The molecular weight excluding hydrogens is 222 g/mol. The minimum Gasteiger partial charge on any atom is -0.330 e. The average molecular weight is 242 g/mol. The molecule has 1 aromatic heterocycles. The van der Waals surface area contributed by atoms with Gasteiger partial charge in [-0.25, -0.2) is 0 Å². The number of pyridine rings is 1. The summed E-state index contributed by atoms with van der Waals surface area (Å²) in [4.78, 5) is 6.78. The molecule has 1 aromatic rings. The van der Waals surface area contributed by atoms with Gasteiger partial charge in [0.25, 0.3) is 0 Å². The zero-order chi connectivity index (χ0) is 10.7. The highest BCUT2D eigenvalue weighted by atomic mass is 35.5. The van der Waals surface area contributed by atoms with Crippen molar-refractivity contribution >= 4 is 12.4 Å². The predicted octanol–water partition coefficient (Wildman–Crippen LogP) is 1.67. The van der Waals surface area contributed by atoms with Crippen LogP contribution >= 0.6 is 12.4 Å². The zero-order valence-corrected chi connectivity index (χ0v) is 10.5. The molecule has 0 aliphatic carbocycles. The number of rotatable bonds is 3. The molecule has 0 aromatic carbocycles. The molecule has 3 nitrogen and oxygen atoms in total. The van der Waals surface area contributed by atoms with E-state index in [-0.39, 0.29) is 12.4 Å². The minimum atomic E-state index is 0. The van der Waals surface area contributed by atoms with Gasteiger partial charge in [0, 0.05) is 19.3 Å². The van der Waals surface area contributed by atoms with Crippen molar-refractivity contribution in [2.75, 3.05) is 19.6 Å². The quantitative estimate of drug-likeness (QED) is 0.876. The molecule has 1 atom stereocenters. The maximum atomic E-state index is 5.78. The molecule has 90 valence electrons. The SMILES string of the molecule is CC1(CN)CCN(Cc2ccccn2)C1.Cl. The summed E-state index contributed by atoms with van der Waals surface area (Å²) in [5, 5.41) is 0. The molecule has 0 radical (unpaired) electrons. The van der Waals surface area contributed by atoms with Gasteiger partial charge in [0.15, 0.2) is 0 Å². The highest BCUT2D eigenvalue weighted by molar-refractivity contribution is 5.85. The van der Waals surface area contributed by atoms with Crippen LogP contribution in [0.3, 0.4) is 0 Å². The van der Waals surface area contributed by atoms with E-state index in [1.54, 1.807) is 0 Å². The average Bonchev–Trinajstić information content (AvgIpc) is 2.63. The fourth-order valence-corrected chi connectivity index (χ4v) is 2.15. The van der Waals surface area contributed by atoms with Crippen LogP contribution in [0.25, 0.3) is 0 Å². The smallest absolute Gasteiger partial charge is 0.0543 e. The van der Waals surface area contributed by atoms with Crippen molar-refractivity contribution in [3.8, 4) is 0 Å². The third-order valence-electron chi connectivity index (χ3n) is 3.24. The number of hydrogen-bond acceptors (Lipinski definition) is 3. The van der Waals surface area contributed by atoms with Crippen LogP contribution in [-0.2, 0) is 6.54 Å². The van der Waals surface area contributed by atoms with Gasteiger partial charge < -0.3 is 5.73 Å². The number of hydrogen-bond donors (Lipinski definition) is 1. The normalized spacial score (nSPS) is 25.4. The Kier molecular flexibility index (Phi) is 4.71. The van der Waals surface area contributed by atoms with Gasteiger partial charge in [0.2, 0.25) is 0 Å². The number of nitrogens with zero attached hydrogens (tertiary/aromatic N) is 2. The first-order chi connectivity index (χ1) is 7.22. The van der Waals surface area contributed by atoms with Crippen LogP contribution in [-0.4, -0.2) is 29.5 Å². The Hall–Kier alpha value is -0.640. The Morgan fingerprint density at radius 2 is 2.31 bits per heavy atom. The standard InChI is InChI=1S/C12H19N3.ClH/c1-12(9-13)5-7-15(10-12)8-11-4-2-3-6-14-11;/h2-4,6H,5,7-10,13H2,1H3;1H. The number of aromatic nitrogens is 1. The fourth-order valence-electron chi connectivity index (χ4n) is 2.15. The Balaban J connectivity index is 0.00000128. The molecular formula is C12H20ClN3. The van der Waals surface area contributed by atoms with Crippen molar-refractivity contribution in [2.45, 2.75) is 19.9 Å². The molecule has 0 amide bonds. The van der Waals surface area contributed by atoms with Gasteiger partial charge in [-0.2, -0.15) is 0 Å². The molecule has 1 saturated heterocycles. The van der Waals surface area contributed by atoms with Gasteiger partial charge in [-0.1, -0.05) is 13.0 Å². The van der Waals surface area contributed by atoms with E-state index in [1.807, 2.05) is 18.3 Å². The molecule has 4 heteroatoms. The fraction of sp³-hybridized carbons (Fsp3) is 0.583. The van der Waals surface area contributed by atoms with Crippen LogP contribution in [0, 0.1) is 5.41 Å². The van der Waals surface area contributed by atoms with E-state index in [2.05, 4.69) is 22.9 Å². The molecule has 0 saturated carbocycles. The lowest BCUT2D eigenvalue weighted by molar-refractivity contribution is 0.272. The number of nitrogens with two attached hydrogens (primary N) is 1. The maximum absolute atomic E-state index is 5.78. The van der Waals surface area contributed by atoms with Gasteiger partial charge in [-0.05, 0) is 37.1 Å². The number of likely N-dealkylation sites (tertiary alicyclic amines) is 1. The lowest BCUT2D eigenvalue weighted by atomic mass is 9.90.